The predicted octanol–water partition coefficient (Wildman–Crippen LogP) is 2.70. The number of aromatic nitrogens is 2. The molecular formula is C16H18N2O3S. The van der Waals surface area contributed by atoms with E-state index in [0.717, 1.165) is 9.54 Å². The smallest absolute Gasteiger partial charge is 0.269 e. The zero-order valence-electron chi connectivity index (χ0n) is 12.8. The molecule has 0 atom stereocenters. The first-order chi connectivity index (χ1) is 10.2. The van der Waals surface area contributed by atoms with E-state index in [1.54, 1.807) is 32.1 Å². The summed E-state index contributed by atoms with van der Waals surface area (Å²) in [6, 6.07) is 6.53. The molecule has 5 nitrogen and oxygen atoms in total. The minimum absolute atomic E-state index is 0.0978. The number of imidazole rings is 1. The van der Waals surface area contributed by atoms with Crippen molar-refractivity contribution in [3.63, 3.8) is 0 Å². The Labute approximate surface area is 130 Å². The van der Waals surface area contributed by atoms with Gasteiger partial charge in [0.1, 0.15) is 12.0 Å². The third kappa shape index (κ3) is 2.62. The van der Waals surface area contributed by atoms with Gasteiger partial charge in [0.2, 0.25) is 0 Å². The molecule has 0 unspecified atom stereocenters. The molecule has 0 saturated heterocycles. The van der Waals surface area contributed by atoms with Crippen molar-refractivity contribution in [1.29, 1.82) is 0 Å². The maximum absolute atomic E-state index is 12.8. The number of nitrogens with zero attached hydrogens (tertiary/aromatic N) is 2. The molecule has 22 heavy (non-hydrogen) atoms. The van der Waals surface area contributed by atoms with Crippen LogP contribution in [0.1, 0.15) is 35.6 Å². The maximum atomic E-state index is 12.8. The first-order valence-electron chi connectivity index (χ1n) is 6.73. The molecule has 6 heteroatoms. The first kappa shape index (κ1) is 16.2. The first-order valence-corrected chi connectivity index (χ1v) is 8.17. The lowest BCUT2D eigenvalue weighted by molar-refractivity contribution is 0.111. The van der Waals surface area contributed by atoms with E-state index in [1.165, 1.54) is 18.5 Å². The summed E-state index contributed by atoms with van der Waals surface area (Å²) in [6.07, 6.45) is 3.32. The van der Waals surface area contributed by atoms with Crippen LogP contribution < -0.4 is 0 Å². The number of rotatable bonds is 5. The number of aryl methyl sites for hydroxylation is 1. The van der Waals surface area contributed by atoms with E-state index in [1.807, 2.05) is 6.92 Å². The van der Waals surface area contributed by atoms with Crippen molar-refractivity contribution in [2.45, 2.75) is 31.1 Å². The second-order valence-electron chi connectivity index (χ2n) is 5.64. The van der Waals surface area contributed by atoms with Crippen LogP contribution in [0.3, 0.4) is 0 Å². The summed E-state index contributed by atoms with van der Waals surface area (Å²) in [7, 11) is -3.82. The molecule has 2 aromatic rings. The van der Waals surface area contributed by atoms with Gasteiger partial charge in [0.05, 0.1) is 10.6 Å². The molecular weight excluding hydrogens is 300 g/mol. The number of carbonyl (C=O) groups excluding carboxylic acids is 1. The monoisotopic (exact) mass is 318 g/mol. The average molecular weight is 318 g/mol. The normalized spacial score (nSPS) is 12.1. The molecule has 1 aromatic heterocycles. The lowest BCUT2D eigenvalue weighted by atomic mass is 9.88. The van der Waals surface area contributed by atoms with Gasteiger partial charge in [-0.1, -0.05) is 37.6 Å². The molecule has 0 aliphatic heterocycles. The molecule has 1 aromatic carbocycles. The molecule has 0 aliphatic rings. The molecule has 0 radical (unpaired) electrons. The van der Waals surface area contributed by atoms with E-state index in [0.29, 0.717) is 12.0 Å². The fraction of sp³-hybridized carbons (Fsp3) is 0.250. The van der Waals surface area contributed by atoms with Crippen LogP contribution in [0.4, 0.5) is 0 Å². The number of aldehydes is 1. The molecule has 0 amide bonds. The van der Waals surface area contributed by atoms with Gasteiger partial charge >= 0.3 is 0 Å². The van der Waals surface area contributed by atoms with Crippen LogP contribution in [0.5, 0.6) is 0 Å². The minimum Gasteiger partial charge on any atom is -0.296 e. The highest BCUT2D eigenvalue weighted by Gasteiger charge is 2.31. The average Bonchev–Trinajstić information content (AvgIpc) is 2.93. The lowest BCUT2D eigenvalue weighted by Gasteiger charge is -2.22. The van der Waals surface area contributed by atoms with E-state index in [-0.39, 0.29) is 10.6 Å². The van der Waals surface area contributed by atoms with Gasteiger partial charge in [-0.2, -0.15) is 0 Å². The highest BCUT2D eigenvalue weighted by molar-refractivity contribution is 7.90. The Morgan fingerprint density at radius 2 is 1.82 bits per heavy atom. The van der Waals surface area contributed by atoms with Crippen molar-refractivity contribution in [2.75, 3.05) is 0 Å². The van der Waals surface area contributed by atoms with Gasteiger partial charge in [-0.15, -0.1) is 6.58 Å². The van der Waals surface area contributed by atoms with Crippen molar-refractivity contribution in [3.05, 3.63) is 60.2 Å². The summed E-state index contributed by atoms with van der Waals surface area (Å²) < 4.78 is 26.7. The van der Waals surface area contributed by atoms with E-state index in [9.17, 15) is 13.2 Å². The van der Waals surface area contributed by atoms with E-state index < -0.39 is 15.4 Å². The Morgan fingerprint density at radius 1 is 1.23 bits per heavy atom. The summed E-state index contributed by atoms with van der Waals surface area (Å²) >= 11 is 0. The molecule has 1 heterocycles. The molecule has 116 valence electrons. The third-order valence-electron chi connectivity index (χ3n) is 3.57. The van der Waals surface area contributed by atoms with Crippen LogP contribution in [0.2, 0.25) is 0 Å². The van der Waals surface area contributed by atoms with Crippen LogP contribution >= 0.6 is 0 Å². The summed E-state index contributed by atoms with van der Waals surface area (Å²) in [5.74, 6) is 0. The Hall–Kier alpha value is -2.21. The molecule has 0 spiro atoms. The highest BCUT2D eigenvalue weighted by atomic mass is 32.2. The van der Waals surface area contributed by atoms with Gasteiger partial charge in [0.25, 0.3) is 10.0 Å². The Kier molecular flexibility index (Phi) is 4.06. The van der Waals surface area contributed by atoms with Gasteiger partial charge in [-0.25, -0.2) is 17.4 Å². The van der Waals surface area contributed by atoms with Crippen LogP contribution in [-0.4, -0.2) is 23.7 Å². The lowest BCUT2D eigenvalue weighted by Crippen LogP contribution is -2.25. The zero-order chi connectivity index (χ0) is 16.5. The minimum atomic E-state index is -3.82. The second kappa shape index (κ2) is 5.53. The number of hydrogen-bond acceptors (Lipinski definition) is 4. The fourth-order valence-corrected chi connectivity index (χ4v) is 3.60. The van der Waals surface area contributed by atoms with Crippen molar-refractivity contribution in [3.8, 4) is 0 Å². The molecule has 0 saturated carbocycles. The Morgan fingerprint density at radius 3 is 2.32 bits per heavy atom. The van der Waals surface area contributed by atoms with Crippen molar-refractivity contribution < 1.29 is 13.2 Å². The standard InChI is InChI=1S/C16H18N2O3S/c1-5-16(3,4)15-14(10-19)17-11-18(15)22(20,21)13-8-6-12(2)7-9-13/h5-11H,1H2,2-4H3. The van der Waals surface area contributed by atoms with Crippen molar-refractivity contribution >= 4 is 16.3 Å². The second-order valence-corrected chi connectivity index (χ2v) is 7.45. The number of allylic oxidation sites excluding steroid dienone is 1. The van der Waals surface area contributed by atoms with Crippen LogP contribution in [-0.2, 0) is 15.4 Å². The summed E-state index contributed by atoms with van der Waals surface area (Å²) in [6.45, 7) is 9.16. The quantitative estimate of drug-likeness (QED) is 0.628. The molecule has 0 bridgehead atoms. The molecule has 0 aliphatic carbocycles. The van der Waals surface area contributed by atoms with Gasteiger partial charge in [-0.05, 0) is 19.1 Å². The summed E-state index contributed by atoms with van der Waals surface area (Å²) in [5, 5.41) is 0. The van der Waals surface area contributed by atoms with Gasteiger partial charge < -0.3 is 0 Å². The number of benzene rings is 1. The summed E-state index contributed by atoms with van der Waals surface area (Å²) in [4.78, 5) is 15.3. The van der Waals surface area contributed by atoms with Gasteiger partial charge in [0.15, 0.2) is 6.29 Å². The SMILES string of the molecule is C=CC(C)(C)c1c(C=O)ncn1S(=O)(=O)c1ccc(C)cc1. The largest absolute Gasteiger partial charge is 0.296 e. The van der Waals surface area contributed by atoms with E-state index in [4.69, 9.17) is 0 Å². The Bertz CT molecular complexity index is 816. The van der Waals surface area contributed by atoms with Gasteiger partial charge in [-0.3, -0.25) is 4.79 Å². The predicted molar refractivity (Wildman–Crippen MR) is 84.6 cm³/mol. The highest BCUT2D eigenvalue weighted by Crippen LogP contribution is 2.29. The van der Waals surface area contributed by atoms with Crippen molar-refractivity contribution in [1.82, 2.24) is 8.96 Å². The maximum Gasteiger partial charge on any atom is 0.269 e. The van der Waals surface area contributed by atoms with E-state index >= 15 is 0 Å². The Balaban J connectivity index is 2.72. The third-order valence-corrected chi connectivity index (χ3v) is 5.24. The number of carbonyl (C=O) groups is 1. The zero-order valence-corrected chi connectivity index (χ0v) is 13.6. The molecule has 0 N–H and O–H groups in total. The molecule has 0 fully saturated rings. The van der Waals surface area contributed by atoms with Crippen LogP contribution in [0.25, 0.3) is 0 Å². The van der Waals surface area contributed by atoms with Gasteiger partial charge in [0, 0.05) is 5.41 Å². The molecule has 2 rings (SSSR count). The number of hydrogen-bond donors (Lipinski definition) is 0. The van der Waals surface area contributed by atoms with Crippen molar-refractivity contribution in [2.24, 2.45) is 0 Å². The fourth-order valence-electron chi connectivity index (χ4n) is 2.15. The van der Waals surface area contributed by atoms with Crippen LogP contribution in [0, 0.1) is 6.92 Å². The van der Waals surface area contributed by atoms with E-state index in [2.05, 4.69) is 11.6 Å². The summed E-state index contributed by atoms with van der Waals surface area (Å²) in [5.41, 5.74) is 0.647. The topological polar surface area (TPSA) is 69.0 Å². The van der Waals surface area contributed by atoms with Crippen LogP contribution in [0.15, 0.2) is 48.1 Å².